The van der Waals surface area contributed by atoms with Crippen LogP contribution in [-0.4, -0.2) is 56.8 Å². The van der Waals surface area contributed by atoms with Crippen molar-refractivity contribution in [1.82, 2.24) is 0 Å². The highest BCUT2D eigenvalue weighted by atomic mass is 16.4. The fourth-order valence-electron chi connectivity index (χ4n) is 3.68. The zero-order chi connectivity index (χ0) is 24.7. The van der Waals surface area contributed by atoms with E-state index in [9.17, 15) is 30.0 Å². The predicted octanol–water partition coefficient (Wildman–Crippen LogP) is 3.61. The van der Waals surface area contributed by atoms with Crippen molar-refractivity contribution in [2.75, 3.05) is 14.2 Å². The number of benzene rings is 4. The number of hydrogen-bond acceptors (Lipinski definition) is 6. The summed E-state index contributed by atoms with van der Waals surface area (Å²) >= 11 is 0. The maximum Gasteiger partial charge on any atom is 0.339 e. The molecule has 0 aromatic heterocycles. The van der Waals surface area contributed by atoms with E-state index in [0.29, 0.717) is 32.7 Å². The number of aliphatic hydroxyl groups excluding tert-OH is 2. The number of carboxylic acids is 2. The summed E-state index contributed by atoms with van der Waals surface area (Å²) in [6.07, 6.45) is -0.0407. The summed E-state index contributed by atoms with van der Waals surface area (Å²) < 4.78 is 0. The van der Waals surface area contributed by atoms with Gasteiger partial charge in [0.15, 0.2) is 0 Å². The first kappa shape index (κ1) is 25.1. The molecule has 8 heteroatoms. The van der Waals surface area contributed by atoms with E-state index in [0.717, 1.165) is 14.2 Å². The van der Waals surface area contributed by atoms with Gasteiger partial charge in [0.05, 0.1) is 0 Å². The summed E-state index contributed by atoms with van der Waals surface area (Å²) in [6.45, 7) is 0. The molecule has 33 heavy (non-hydrogen) atoms. The molecule has 4 aromatic rings. The molecular weight excluding hydrogens is 428 g/mol. The summed E-state index contributed by atoms with van der Waals surface area (Å²) in [5, 5.41) is 56.8. The van der Waals surface area contributed by atoms with Crippen molar-refractivity contribution >= 4 is 33.5 Å². The molecule has 6 N–H and O–H groups in total. The van der Waals surface area contributed by atoms with Crippen LogP contribution in [0, 0.1) is 0 Å². The van der Waals surface area contributed by atoms with Gasteiger partial charge >= 0.3 is 11.9 Å². The fraction of sp³-hybridized carbons (Fsp3) is 0.120. The van der Waals surface area contributed by atoms with Gasteiger partial charge in [-0.15, -0.1) is 0 Å². The Morgan fingerprint density at radius 1 is 0.636 bits per heavy atom. The highest BCUT2D eigenvalue weighted by molar-refractivity contribution is 6.02. The molecule has 0 aliphatic rings. The van der Waals surface area contributed by atoms with Crippen LogP contribution in [0.5, 0.6) is 11.5 Å². The van der Waals surface area contributed by atoms with Crippen LogP contribution < -0.4 is 0 Å². The number of fused-ring (bicyclic) bond motifs is 2. The van der Waals surface area contributed by atoms with Gasteiger partial charge in [0.1, 0.15) is 22.6 Å². The standard InChI is InChI=1S/C23H16O6.2CH4O/c24-20-16(14-7-3-1-5-12(14)9-18(20)22(26)27)11-17-15-8-4-2-6-13(15)10-19(21(17)25)23(28)29;2*1-2/h1-10,24-25H,11H2,(H,26,27)(H,28,29);2*2H,1H3. The zero-order valence-electron chi connectivity index (χ0n) is 18.0. The summed E-state index contributed by atoms with van der Waals surface area (Å²) in [5.41, 5.74) is 0.112. The van der Waals surface area contributed by atoms with Gasteiger partial charge in [-0.25, -0.2) is 9.59 Å². The molecule has 0 unspecified atom stereocenters. The smallest absolute Gasteiger partial charge is 0.339 e. The van der Waals surface area contributed by atoms with Crippen LogP contribution in [-0.2, 0) is 6.42 Å². The third kappa shape index (κ3) is 4.87. The van der Waals surface area contributed by atoms with Gasteiger partial charge in [-0.05, 0) is 33.7 Å². The minimum absolute atomic E-state index is 0.0407. The number of carbonyl (C=O) groups is 2. The van der Waals surface area contributed by atoms with Crippen molar-refractivity contribution in [2.24, 2.45) is 0 Å². The normalized spacial score (nSPS) is 10.1. The molecule has 0 saturated carbocycles. The number of phenols is 2. The summed E-state index contributed by atoms with van der Waals surface area (Å²) in [4.78, 5) is 23.2. The third-order valence-corrected chi connectivity index (χ3v) is 5.07. The van der Waals surface area contributed by atoms with Crippen LogP contribution >= 0.6 is 0 Å². The second-order valence-electron chi connectivity index (χ2n) is 6.73. The highest BCUT2D eigenvalue weighted by Crippen LogP contribution is 2.38. The van der Waals surface area contributed by atoms with E-state index in [1.807, 2.05) is 0 Å². The first-order valence-electron chi connectivity index (χ1n) is 9.71. The Balaban J connectivity index is 0.000000914. The minimum atomic E-state index is -1.28. The lowest BCUT2D eigenvalue weighted by Gasteiger charge is -2.16. The Morgan fingerprint density at radius 2 is 0.970 bits per heavy atom. The lowest BCUT2D eigenvalue weighted by Crippen LogP contribution is -2.04. The largest absolute Gasteiger partial charge is 0.507 e. The first-order valence-corrected chi connectivity index (χ1v) is 9.71. The van der Waals surface area contributed by atoms with E-state index in [1.165, 1.54) is 12.1 Å². The zero-order valence-corrected chi connectivity index (χ0v) is 18.0. The Labute approximate surface area is 189 Å². The van der Waals surface area contributed by atoms with Crippen LogP contribution in [0.3, 0.4) is 0 Å². The second-order valence-corrected chi connectivity index (χ2v) is 6.73. The molecule has 0 radical (unpaired) electrons. The van der Waals surface area contributed by atoms with Gasteiger partial charge in [0, 0.05) is 31.8 Å². The van der Waals surface area contributed by atoms with Crippen molar-refractivity contribution in [1.29, 1.82) is 0 Å². The lowest BCUT2D eigenvalue weighted by molar-refractivity contribution is 0.0682. The quantitative estimate of drug-likeness (QED) is 0.274. The van der Waals surface area contributed by atoms with E-state index < -0.39 is 23.4 Å². The summed E-state index contributed by atoms with van der Waals surface area (Å²) in [7, 11) is 2.00. The molecule has 4 aromatic carbocycles. The van der Waals surface area contributed by atoms with Crippen LogP contribution in [0.15, 0.2) is 60.7 Å². The van der Waals surface area contributed by atoms with Crippen molar-refractivity contribution in [3.63, 3.8) is 0 Å². The molecule has 0 fully saturated rings. The van der Waals surface area contributed by atoms with Crippen LogP contribution in [0.1, 0.15) is 31.8 Å². The second kappa shape index (κ2) is 10.9. The predicted molar refractivity (Wildman–Crippen MR) is 124 cm³/mol. The van der Waals surface area contributed by atoms with Crippen LogP contribution in [0.2, 0.25) is 0 Å². The topological polar surface area (TPSA) is 156 Å². The molecule has 0 aliphatic carbocycles. The van der Waals surface area contributed by atoms with E-state index in [2.05, 4.69) is 0 Å². The van der Waals surface area contributed by atoms with Gasteiger partial charge in [0.25, 0.3) is 0 Å². The maximum atomic E-state index is 11.6. The molecule has 8 nitrogen and oxygen atoms in total. The minimum Gasteiger partial charge on any atom is -0.507 e. The summed E-state index contributed by atoms with van der Waals surface area (Å²) in [6, 6.07) is 16.8. The molecule has 172 valence electrons. The molecule has 0 saturated heterocycles. The average Bonchev–Trinajstić information content (AvgIpc) is 2.84. The van der Waals surface area contributed by atoms with Gasteiger partial charge in [0.2, 0.25) is 0 Å². The SMILES string of the molecule is CO.CO.O=C(O)c1cc2ccccc2c(Cc2c(O)c(C(=O)O)cc3ccccc23)c1O. The number of aromatic carboxylic acids is 2. The van der Waals surface area contributed by atoms with Crippen LogP contribution in [0.25, 0.3) is 21.5 Å². The number of aromatic hydroxyl groups is 2. The van der Waals surface area contributed by atoms with Crippen LogP contribution in [0.4, 0.5) is 0 Å². The van der Waals surface area contributed by atoms with Gasteiger partial charge in [-0.1, -0.05) is 48.5 Å². The molecular formula is C25H24O8. The third-order valence-electron chi connectivity index (χ3n) is 5.07. The monoisotopic (exact) mass is 452 g/mol. The first-order chi connectivity index (χ1) is 15.9. The van der Waals surface area contributed by atoms with Gasteiger partial charge in [-0.3, -0.25) is 0 Å². The molecule has 0 spiro atoms. The Morgan fingerprint density at radius 3 is 1.30 bits per heavy atom. The molecule has 0 atom stereocenters. The lowest BCUT2D eigenvalue weighted by atomic mass is 9.90. The number of aliphatic hydroxyl groups is 2. The van der Waals surface area contributed by atoms with Crippen molar-refractivity contribution in [3.8, 4) is 11.5 Å². The Hall–Kier alpha value is -4.14. The Kier molecular flexibility index (Phi) is 8.33. The van der Waals surface area contributed by atoms with E-state index >= 15 is 0 Å². The van der Waals surface area contributed by atoms with E-state index in [1.54, 1.807) is 48.5 Å². The molecule has 0 amide bonds. The molecule has 4 rings (SSSR count). The number of hydrogen-bond donors (Lipinski definition) is 6. The highest BCUT2D eigenvalue weighted by Gasteiger charge is 2.22. The van der Waals surface area contributed by atoms with E-state index in [4.69, 9.17) is 10.2 Å². The van der Waals surface area contributed by atoms with Crippen molar-refractivity contribution in [3.05, 3.63) is 82.9 Å². The molecule has 0 aliphatic heterocycles. The number of rotatable bonds is 4. The molecule has 0 bridgehead atoms. The Bertz CT molecular complexity index is 1210. The van der Waals surface area contributed by atoms with E-state index in [-0.39, 0.29) is 17.5 Å². The molecule has 0 heterocycles. The maximum absolute atomic E-state index is 11.6. The fourth-order valence-corrected chi connectivity index (χ4v) is 3.68. The average molecular weight is 452 g/mol. The van der Waals surface area contributed by atoms with Gasteiger partial charge in [-0.2, -0.15) is 0 Å². The van der Waals surface area contributed by atoms with Gasteiger partial charge < -0.3 is 30.6 Å². The number of carboxylic acid groups (broad SMARTS) is 2. The summed E-state index contributed by atoms with van der Waals surface area (Å²) in [5.74, 6) is -3.36. The van der Waals surface area contributed by atoms with Crippen molar-refractivity contribution in [2.45, 2.75) is 6.42 Å². The van der Waals surface area contributed by atoms with Crippen molar-refractivity contribution < 1.29 is 40.2 Å².